The molecule has 0 saturated carbocycles. The van der Waals surface area contributed by atoms with E-state index in [0.717, 1.165) is 39.0 Å². The maximum absolute atomic E-state index is 13.5. The SMILES string of the molecule is COCCOc1ccc(-n2nc(C(C)(C)C)cc2NC(=O)Nc2ccc(OCc3ccnc(Nc4cnccn4)c3)c3ccccc23)cc1C. The molecule has 0 aliphatic heterocycles. The smallest absolute Gasteiger partial charge is 0.324 e. The molecule has 3 aromatic carbocycles. The van der Waals surface area contributed by atoms with Crippen molar-refractivity contribution in [3.8, 4) is 17.2 Å². The van der Waals surface area contributed by atoms with Gasteiger partial charge in [0.1, 0.15) is 42.2 Å². The van der Waals surface area contributed by atoms with Crippen LogP contribution in [0.25, 0.3) is 16.5 Å². The number of hydrogen-bond donors (Lipinski definition) is 3. The van der Waals surface area contributed by atoms with Crippen LogP contribution in [0.15, 0.2) is 97.6 Å². The van der Waals surface area contributed by atoms with E-state index >= 15 is 0 Å². The summed E-state index contributed by atoms with van der Waals surface area (Å²) in [4.78, 5) is 26.2. The Labute approximate surface area is 290 Å². The minimum atomic E-state index is -0.401. The van der Waals surface area contributed by atoms with Gasteiger partial charge < -0.3 is 24.8 Å². The van der Waals surface area contributed by atoms with Crippen LogP contribution >= 0.6 is 0 Å². The van der Waals surface area contributed by atoms with Gasteiger partial charge in [-0.1, -0.05) is 45.0 Å². The highest BCUT2D eigenvalue weighted by Gasteiger charge is 2.22. The van der Waals surface area contributed by atoms with Crippen LogP contribution in [0.1, 0.15) is 37.6 Å². The molecule has 50 heavy (non-hydrogen) atoms. The Balaban J connectivity index is 1.19. The average Bonchev–Trinajstić information content (AvgIpc) is 3.54. The summed E-state index contributed by atoms with van der Waals surface area (Å²) in [5, 5.41) is 15.8. The number of aromatic nitrogens is 5. The number of amides is 2. The van der Waals surface area contributed by atoms with E-state index in [0.29, 0.717) is 48.7 Å². The summed E-state index contributed by atoms with van der Waals surface area (Å²) >= 11 is 0. The maximum Gasteiger partial charge on any atom is 0.324 e. The number of pyridine rings is 1. The topological polar surface area (TPSA) is 137 Å². The molecule has 2 amide bonds. The number of fused-ring (bicyclic) bond motifs is 1. The fraction of sp³-hybridized carbons (Fsp3) is 0.237. The maximum atomic E-state index is 13.5. The molecule has 0 spiro atoms. The molecular formula is C38H40N8O4. The van der Waals surface area contributed by atoms with Crippen LogP contribution in [0.2, 0.25) is 0 Å². The Morgan fingerprint density at radius 3 is 2.38 bits per heavy atom. The molecule has 6 rings (SSSR count). The first-order valence-electron chi connectivity index (χ1n) is 16.2. The number of rotatable bonds is 12. The molecule has 0 saturated heterocycles. The van der Waals surface area contributed by atoms with Crippen molar-refractivity contribution in [2.45, 2.75) is 39.7 Å². The number of nitrogens with one attached hydrogen (secondary N) is 3. The highest BCUT2D eigenvalue weighted by molar-refractivity contribution is 6.07. The fourth-order valence-electron chi connectivity index (χ4n) is 5.26. The van der Waals surface area contributed by atoms with E-state index in [1.54, 1.807) is 36.6 Å². The van der Waals surface area contributed by atoms with Gasteiger partial charge in [-0.15, -0.1) is 0 Å². The lowest BCUT2D eigenvalue weighted by Crippen LogP contribution is -2.21. The Morgan fingerprint density at radius 1 is 0.820 bits per heavy atom. The number of urea groups is 1. The fourth-order valence-corrected chi connectivity index (χ4v) is 5.26. The minimum absolute atomic E-state index is 0.243. The predicted molar refractivity (Wildman–Crippen MR) is 195 cm³/mol. The zero-order chi connectivity index (χ0) is 35.1. The van der Waals surface area contributed by atoms with Gasteiger partial charge in [-0.25, -0.2) is 19.4 Å². The van der Waals surface area contributed by atoms with Crippen molar-refractivity contribution >= 4 is 39.9 Å². The van der Waals surface area contributed by atoms with Crippen molar-refractivity contribution in [2.75, 3.05) is 36.3 Å². The lowest BCUT2D eigenvalue weighted by molar-refractivity contribution is 0.146. The van der Waals surface area contributed by atoms with Crippen LogP contribution in [-0.4, -0.2) is 51.1 Å². The standard InChI is InChI=1S/C38H40N8O4/c1-25-20-27(10-12-31(25)49-19-18-48-5)46-36(22-33(45-46)38(2,3)4)44-37(47)42-30-11-13-32(29-9-7-6-8-28(29)30)50-24-26-14-15-40-34(21-26)43-35-23-39-16-17-41-35/h6-17,20-23H,18-19,24H2,1-5H3,(H,40,41,43)(H2,42,44,47). The second kappa shape index (κ2) is 15.0. The molecule has 3 N–H and O–H groups in total. The van der Waals surface area contributed by atoms with Gasteiger partial charge >= 0.3 is 6.03 Å². The molecule has 0 aliphatic rings. The van der Waals surface area contributed by atoms with E-state index in [1.807, 2.05) is 79.7 Å². The summed E-state index contributed by atoms with van der Waals surface area (Å²) in [5.41, 5.74) is 3.90. The first-order chi connectivity index (χ1) is 24.2. The van der Waals surface area contributed by atoms with E-state index < -0.39 is 6.03 Å². The molecule has 12 heteroatoms. The van der Waals surface area contributed by atoms with E-state index in [-0.39, 0.29) is 5.41 Å². The van der Waals surface area contributed by atoms with E-state index in [4.69, 9.17) is 19.3 Å². The first-order valence-corrected chi connectivity index (χ1v) is 16.2. The lowest BCUT2D eigenvalue weighted by Gasteiger charge is -2.15. The summed E-state index contributed by atoms with van der Waals surface area (Å²) in [6.07, 6.45) is 6.57. The molecule has 12 nitrogen and oxygen atoms in total. The zero-order valence-corrected chi connectivity index (χ0v) is 28.7. The number of carbonyl (C=O) groups is 1. The number of hydrogen-bond acceptors (Lipinski definition) is 9. The van der Waals surface area contributed by atoms with Crippen LogP contribution in [-0.2, 0) is 16.8 Å². The summed E-state index contributed by atoms with van der Waals surface area (Å²) in [5.74, 6) is 3.22. The molecule has 0 aliphatic carbocycles. The molecule has 0 unspecified atom stereocenters. The molecule has 0 fully saturated rings. The Morgan fingerprint density at radius 2 is 1.62 bits per heavy atom. The normalized spacial score (nSPS) is 11.3. The third-order valence-corrected chi connectivity index (χ3v) is 7.84. The molecular weight excluding hydrogens is 632 g/mol. The zero-order valence-electron chi connectivity index (χ0n) is 28.7. The third-order valence-electron chi connectivity index (χ3n) is 7.84. The van der Waals surface area contributed by atoms with Gasteiger partial charge in [0, 0.05) is 48.0 Å². The third kappa shape index (κ3) is 8.16. The van der Waals surface area contributed by atoms with Crippen LogP contribution in [0.3, 0.4) is 0 Å². The van der Waals surface area contributed by atoms with Crippen molar-refractivity contribution in [2.24, 2.45) is 0 Å². The Hall–Kier alpha value is -6.01. The summed E-state index contributed by atoms with van der Waals surface area (Å²) < 4.78 is 19.0. The van der Waals surface area contributed by atoms with Crippen LogP contribution in [0, 0.1) is 6.92 Å². The number of methoxy groups -OCH3 is 1. The van der Waals surface area contributed by atoms with Crippen molar-refractivity contribution in [1.29, 1.82) is 0 Å². The highest BCUT2D eigenvalue weighted by Crippen LogP contribution is 2.33. The Kier molecular flexibility index (Phi) is 10.2. The van der Waals surface area contributed by atoms with E-state index in [2.05, 4.69) is 51.7 Å². The van der Waals surface area contributed by atoms with Crippen LogP contribution in [0.5, 0.6) is 11.5 Å². The number of aryl methyl sites for hydroxylation is 1. The first kappa shape index (κ1) is 33.9. The van der Waals surface area contributed by atoms with Crippen LogP contribution < -0.4 is 25.4 Å². The molecule has 0 radical (unpaired) electrons. The second-order valence-corrected chi connectivity index (χ2v) is 12.7. The van der Waals surface area contributed by atoms with Crippen molar-refractivity contribution in [3.05, 3.63) is 114 Å². The summed E-state index contributed by atoms with van der Waals surface area (Å²) in [6.45, 7) is 9.50. The van der Waals surface area contributed by atoms with Gasteiger partial charge in [-0.05, 0) is 60.5 Å². The molecule has 0 atom stereocenters. The number of carbonyl (C=O) groups excluding carboxylic acids is 1. The highest BCUT2D eigenvalue weighted by atomic mass is 16.5. The Bertz CT molecular complexity index is 2090. The van der Waals surface area contributed by atoms with Crippen molar-refractivity contribution < 1.29 is 19.0 Å². The van der Waals surface area contributed by atoms with Crippen molar-refractivity contribution in [3.63, 3.8) is 0 Å². The predicted octanol–water partition coefficient (Wildman–Crippen LogP) is 7.81. The molecule has 256 valence electrons. The van der Waals surface area contributed by atoms with E-state index in [9.17, 15) is 4.79 Å². The number of nitrogens with zero attached hydrogens (tertiary/aromatic N) is 5. The van der Waals surface area contributed by atoms with E-state index in [1.165, 1.54) is 0 Å². The van der Waals surface area contributed by atoms with Gasteiger partial charge in [0.2, 0.25) is 0 Å². The van der Waals surface area contributed by atoms with Gasteiger partial charge in [0.05, 0.1) is 29.9 Å². The number of benzene rings is 3. The average molecular weight is 673 g/mol. The summed E-state index contributed by atoms with van der Waals surface area (Å²) in [7, 11) is 1.64. The van der Waals surface area contributed by atoms with Crippen molar-refractivity contribution in [1.82, 2.24) is 24.7 Å². The van der Waals surface area contributed by atoms with Gasteiger partial charge in [-0.3, -0.25) is 10.3 Å². The quantitative estimate of drug-likeness (QED) is 0.111. The van der Waals surface area contributed by atoms with Gasteiger partial charge in [0.15, 0.2) is 0 Å². The van der Waals surface area contributed by atoms with Crippen LogP contribution in [0.4, 0.5) is 27.9 Å². The van der Waals surface area contributed by atoms with Gasteiger partial charge in [0.25, 0.3) is 0 Å². The molecule has 6 aromatic rings. The minimum Gasteiger partial charge on any atom is -0.491 e. The lowest BCUT2D eigenvalue weighted by atomic mass is 9.92. The largest absolute Gasteiger partial charge is 0.491 e. The second-order valence-electron chi connectivity index (χ2n) is 12.7. The monoisotopic (exact) mass is 672 g/mol. The molecule has 0 bridgehead atoms. The number of anilines is 4. The van der Waals surface area contributed by atoms with Gasteiger partial charge in [-0.2, -0.15) is 5.10 Å². The molecule has 3 heterocycles. The summed E-state index contributed by atoms with van der Waals surface area (Å²) in [6, 6.07) is 22.6. The molecule has 3 aromatic heterocycles. The number of ether oxygens (including phenoxy) is 3.